The highest BCUT2D eigenvalue weighted by molar-refractivity contribution is 5.91. The van der Waals surface area contributed by atoms with Crippen molar-refractivity contribution < 1.29 is 9.53 Å². The minimum absolute atomic E-state index is 0.154. The molecule has 1 aliphatic heterocycles. The fourth-order valence-corrected chi connectivity index (χ4v) is 1.45. The molecule has 2 atom stereocenters. The first kappa shape index (κ1) is 8.47. The Morgan fingerprint density at radius 3 is 3.00 bits per heavy atom. The van der Waals surface area contributed by atoms with Crippen LogP contribution in [0.1, 0.15) is 13.3 Å². The average Bonchev–Trinajstić information content (AvgIpc) is 2.04. The zero-order valence-corrected chi connectivity index (χ0v) is 6.88. The maximum Gasteiger partial charge on any atom is 0.158 e. The van der Waals surface area contributed by atoms with Crippen molar-refractivity contribution in [2.45, 2.75) is 13.3 Å². The van der Waals surface area contributed by atoms with Crippen LogP contribution in [0.5, 0.6) is 0 Å². The third-order valence-electron chi connectivity index (χ3n) is 2.21. The van der Waals surface area contributed by atoms with Crippen LogP contribution in [0.15, 0.2) is 12.7 Å². The highest BCUT2D eigenvalue weighted by Crippen LogP contribution is 2.22. The van der Waals surface area contributed by atoms with Gasteiger partial charge in [0.1, 0.15) is 0 Å². The number of ketones is 1. The third kappa shape index (κ3) is 1.90. The molecule has 2 heteroatoms. The van der Waals surface area contributed by atoms with E-state index in [1.54, 1.807) is 0 Å². The third-order valence-corrected chi connectivity index (χ3v) is 2.21. The van der Waals surface area contributed by atoms with Gasteiger partial charge < -0.3 is 4.74 Å². The van der Waals surface area contributed by atoms with E-state index in [9.17, 15) is 4.79 Å². The Bertz CT molecular complexity index is 163. The highest BCUT2D eigenvalue weighted by Gasteiger charge is 2.26. The number of hydrogen-bond acceptors (Lipinski definition) is 2. The van der Waals surface area contributed by atoms with Crippen LogP contribution in [0.4, 0.5) is 0 Å². The van der Waals surface area contributed by atoms with Crippen molar-refractivity contribution in [1.29, 1.82) is 0 Å². The first-order valence-corrected chi connectivity index (χ1v) is 3.99. The number of carbonyl (C=O) groups excluding carboxylic acids is 1. The van der Waals surface area contributed by atoms with Gasteiger partial charge in [-0.2, -0.15) is 0 Å². The number of ether oxygens (including phenoxy) is 1. The van der Waals surface area contributed by atoms with E-state index in [1.807, 2.05) is 6.92 Å². The van der Waals surface area contributed by atoms with Crippen LogP contribution in [0.25, 0.3) is 0 Å². The number of carbonyl (C=O) groups is 1. The maximum absolute atomic E-state index is 11.2. The Labute approximate surface area is 67.2 Å². The molecule has 1 saturated heterocycles. The first-order chi connectivity index (χ1) is 5.25. The molecule has 2 nitrogen and oxygen atoms in total. The summed E-state index contributed by atoms with van der Waals surface area (Å²) in [6, 6.07) is 0. The molecule has 1 aliphatic rings. The zero-order valence-electron chi connectivity index (χ0n) is 6.88. The van der Waals surface area contributed by atoms with Crippen molar-refractivity contribution >= 4 is 5.78 Å². The normalized spacial score (nSPS) is 31.4. The van der Waals surface area contributed by atoms with E-state index in [0.29, 0.717) is 19.1 Å². The molecule has 0 radical (unpaired) electrons. The van der Waals surface area contributed by atoms with Gasteiger partial charge in [0, 0.05) is 19.1 Å². The quantitative estimate of drug-likeness (QED) is 0.562. The Hall–Kier alpha value is -0.630. The van der Waals surface area contributed by atoms with Crippen LogP contribution in [-0.4, -0.2) is 19.0 Å². The number of hydrogen-bond donors (Lipinski definition) is 0. The van der Waals surface area contributed by atoms with Gasteiger partial charge in [-0.15, -0.1) is 0 Å². The topological polar surface area (TPSA) is 26.3 Å². The van der Waals surface area contributed by atoms with Gasteiger partial charge >= 0.3 is 0 Å². The van der Waals surface area contributed by atoms with Gasteiger partial charge in [-0.05, 0) is 18.4 Å². The van der Waals surface area contributed by atoms with Crippen LogP contribution in [0.2, 0.25) is 0 Å². The largest absolute Gasteiger partial charge is 0.381 e. The van der Waals surface area contributed by atoms with Crippen molar-refractivity contribution in [3.63, 3.8) is 0 Å². The molecule has 0 aliphatic carbocycles. The summed E-state index contributed by atoms with van der Waals surface area (Å²) >= 11 is 0. The second-order valence-corrected chi connectivity index (χ2v) is 3.05. The lowest BCUT2D eigenvalue weighted by Crippen LogP contribution is -2.30. The Morgan fingerprint density at radius 1 is 1.73 bits per heavy atom. The molecule has 0 aromatic heterocycles. The van der Waals surface area contributed by atoms with Crippen LogP contribution in [-0.2, 0) is 9.53 Å². The van der Waals surface area contributed by atoms with Gasteiger partial charge in [0.25, 0.3) is 0 Å². The maximum atomic E-state index is 11.2. The second kappa shape index (κ2) is 3.67. The Morgan fingerprint density at radius 2 is 2.45 bits per heavy atom. The molecular formula is C9H14O2. The summed E-state index contributed by atoms with van der Waals surface area (Å²) in [6.07, 6.45) is 2.28. The molecular weight excluding hydrogens is 140 g/mol. The lowest BCUT2D eigenvalue weighted by molar-refractivity contribution is -0.123. The second-order valence-electron chi connectivity index (χ2n) is 3.05. The van der Waals surface area contributed by atoms with E-state index >= 15 is 0 Å². The van der Waals surface area contributed by atoms with Crippen molar-refractivity contribution in [2.75, 3.05) is 13.2 Å². The summed E-state index contributed by atoms with van der Waals surface area (Å²) in [5.74, 6) is 0.677. The van der Waals surface area contributed by atoms with Crippen molar-refractivity contribution in [3.05, 3.63) is 12.7 Å². The van der Waals surface area contributed by atoms with Gasteiger partial charge in [-0.25, -0.2) is 0 Å². The van der Waals surface area contributed by atoms with Crippen LogP contribution >= 0.6 is 0 Å². The minimum atomic E-state index is 0.154. The molecule has 1 fully saturated rings. The van der Waals surface area contributed by atoms with Crippen LogP contribution < -0.4 is 0 Å². The van der Waals surface area contributed by atoms with Crippen LogP contribution in [0.3, 0.4) is 0 Å². The van der Waals surface area contributed by atoms with E-state index in [2.05, 4.69) is 6.58 Å². The monoisotopic (exact) mass is 154 g/mol. The molecule has 1 heterocycles. The molecule has 11 heavy (non-hydrogen) atoms. The molecule has 0 bridgehead atoms. The predicted molar refractivity (Wildman–Crippen MR) is 43.3 cm³/mol. The van der Waals surface area contributed by atoms with Gasteiger partial charge in [-0.1, -0.05) is 13.5 Å². The van der Waals surface area contributed by atoms with Gasteiger partial charge in [0.15, 0.2) is 5.78 Å². The summed E-state index contributed by atoms with van der Waals surface area (Å²) in [6.45, 7) is 6.96. The fraction of sp³-hybridized carbons (Fsp3) is 0.667. The van der Waals surface area contributed by atoms with E-state index in [4.69, 9.17) is 4.74 Å². The number of allylic oxidation sites excluding steroid dienone is 1. The summed E-state index contributed by atoms with van der Waals surface area (Å²) in [5, 5.41) is 0. The van der Waals surface area contributed by atoms with Gasteiger partial charge in [0.2, 0.25) is 0 Å². The van der Waals surface area contributed by atoms with E-state index in [1.165, 1.54) is 6.08 Å². The SMILES string of the molecule is C=CC(=O)C1CCOCC1C. The molecule has 0 spiro atoms. The minimum Gasteiger partial charge on any atom is -0.381 e. The Balaban J connectivity index is 2.53. The molecule has 1 rings (SSSR count). The van der Waals surface area contributed by atoms with E-state index in [0.717, 1.165) is 6.42 Å². The summed E-state index contributed by atoms with van der Waals surface area (Å²) in [7, 11) is 0. The summed E-state index contributed by atoms with van der Waals surface area (Å²) in [5.41, 5.74) is 0. The molecule has 2 unspecified atom stereocenters. The van der Waals surface area contributed by atoms with Gasteiger partial charge in [-0.3, -0.25) is 4.79 Å². The van der Waals surface area contributed by atoms with Crippen molar-refractivity contribution in [1.82, 2.24) is 0 Å². The lowest BCUT2D eigenvalue weighted by Gasteiger charge is -2.26. The molecule has 62 valence electrons. The molecule has 0 saturated carbocycles. The van der Waals surface area contributed by atoms with Gasteiger partial charge in [0.05, 0.1) is 0 Å². The standard InChI is InChI=1S/C9H14O2/c1-3-9(10)8-4-5-11-6-7(8)2/h3,7-8H,1,4-6H2,2H3. The molecule has 0 aromatic carbocycles. The lowest BCUT2D eigenvalue weighted by atomic mass is 9.86. The smallest absolute Gasteiger partial charge is 0.158 e. The predicted octanol–water partition coefficient (Wildman–Crippen LogP) is 1.41. The summed E-state index contributed by atoms with van der Waals surface area (Å²) in [4.78, 5) is 11.2. The summed E-state index contributed by atoms with van der Waals surface area (Å²) < 4.78 is 5.22. The molecule has 0 amide bonds. The zero-order chi connectivity index (χ0) is 8.27. The van der Waals surface area contributed by atoms with E-state index < -0.39 is 0 Å². The first-order valence-electron chi connectivity index (χ1n) is 3.99. The fourth-order valence-electron chi connectivity index (χ4n) is 1.45. The number of rotatable bonds is 2. The van der Waals surface area contributed by atoms with Crippen molar-refractivity contribution in [3.8, 4) is 0 Å². The highest BCUT2D eigenvalue weighted by atomic mass is 16.5. The van der Waals surface area contributed by atoms with Crippen molar-refractivity contribution in [2.24, 2.45) is 11.8 Å². The van der Waals surface area contributed by atoms with E-state index in [-0.39, 0.29) is 11.7 Å². The average molecular weight is 154 g/mol. The molecule has 0 N–H and O–H groups in total. The Kier molecular flexibility index (Phi) is 2.83. The van der Waals surface area contributed by atoms with Crippen LogP contribution in [0, 0.1) is 11.8 Å². The molecule has 0 aromatic rings.